The van der Waals surface area contributed by atoms with Gasteiger partial charge in [-0.1, -0.05) is 30.3 Å². The van der Waals surface area contributed by atoms with Crippen molar-refractivity contribution < 1.29 is 22.7 Å². The lowest BCUT2D eigenvalue weighted by Gasteiger charge is -2.15. The highest BCUT2D eigenvalue weighted by Gasteiger charge is 2.18. The van der Waals surface area contributed by atoms with Crippen molar-refractivity contribution in [1.82, 2.24) is 10.6 Å². The Morgan fingerprint density at radius 1 is 0.971 bits per heavy atom. The first-order chi connectivity index (χ1) is 16.7. The Hall–Kier alpha value is -3.69. The van der Waals surface area contributed by atoms with Crippen LogP contribution in [0.5, 0.6) is 5.75 Å². The Kier molecular flexibility index (Phi) is 7.18. The van der Waals surface area contributed by atoms with E-state index in [9.17, 15) is 18.0 Å². The van der Waals surface area contributed by atoms with E-state index in [1.54, 1.807) is 36.4 Å². The number of rotatable bonds is 7. The van der Waals surface area contributed by atoms with Crippen LogP contribution in [0.25, 0.3) is 0 Å². The van der Waals surface area contributed by atoms with E-state index in [1.807, 2.05) is 25.1 Å². The van der Waals surface area contributed by atoms with Crippen molar-refractivity contribution in [3.05, 3.63) is 89.0 Å². The third kappa shape index (κ3) is 6.26. The van der Waals surface area contributed by atoms with E-state index in [2.05, 4.69) is 16.0 Å². The molecule has 1 unspecified atom stereocenters. The zero-order valence-corrected chi connectivity index (χ0v) is 20.3. The highest BCUT2D eigenvalue weighted by Crippen LogP contribution is 2.23. The van der Waals surface area contributed by atoms with Gasteiger partial charge < -0.3 is 20.7 Å². The second-order valence-electron chi connectivity index (χ2n) is 8.47. The molecule has 1 aliphatic heterocycles. The van der Waals surface area contributed by atoms with Gasteiger partial charge in [0.1, 0.15) is 5.75 Å². The second-order valence-corrected chi connectivity index (χ2v) is 10.5. The lowest BCUT2D eigenvalue weighted by Crippen LogP contribution is -2.31. The number of ether oxygens (including phenoxy) is 1. The Morgan fingerprint density at radius 3 is 2.34 bits per heavy atom. The summed E-state index contributed by atoms with van der Waals surface area (Å²) >= 11 is 0. The van der Waals surface area contributed by atoms with Crippen molar-refractivity contribution in [3.63, 3.8) is 0 Å². The van der Waals surface area contributed by atoms with Gasteiger partial charge in [0.25, 0.3) is 0 Å². The van der Waals surface area contributed by atoms with Gasteiger partial charge in [0.2, 0.25) is 0 Å². The van der Waals surface area contributed by atoms with Crippen molar-refractivity contribution in [2.45, 2.75) is 43.6 Å². The molecule has 35 heavy (non-hydrogen) atoms. The molecule has 1 atom stereocenters. The van der Waals surface area contributed by atoms with Crippen LogP contribution in [0, 0.1) is 0 Å². The molecule has 1 aliphatic rings. The van der Waals surface area contributed by atoms with Gasteiger partial charge in [0.05, 0.1) is 16.7 Å². The Labute approximate surface area is 204 Å². The molecule has 0 fully saturated rings. The highest BCUT2D eigenvalue weighted by molar-refractivity contribution is 7.90. The van der Waals surface area contributed by atoms with Crippen LogP contribution in [0.3, 0.4) is 0 Å². The first-order valence-corrected chi connectivity index (χ1v) is 12.8. The van der Waals surface area contributed by atoms with Crippen LogP contribution in [0.4, 0.5) is 10.5 Å². The summed E-state index contributed by atoms with van der Waals surface area (Å²) in [4.78, 5) is 23.6. The maximum atomic E-state index is 12.9. The minimum absolute atomic E-state index is 0.0820. The van der Waals surface area contributed by atoms with Gasteiger partial charge in [0, 0.05) is 25.7 Å². The van der Waals surface area contributed by atoms with Gasteiger partial charge in [-0.2, -0.15) is 0 Å². The molecule has 4 rings (SSSR count). The first kappa shape index (κ1) is 24.4. The third-order valence-corrected chi connectivity index (χ3v) is 7.42. The normalized spacial score (nSPS) is 13.5. The smallest absolute Gasteiger partial charge is 0.319 e. The molecular weight excluding hydrogens is 466 g/mol. The molecule has 0 bridgehead atoms. The Bertz CT molecular complexity index is 1340. The number of hydrogen-bond donors (Lipinski definition) is 3. The largest absolute Gasteiger partial charge is 0.427 e. The molecular formula is C26H27N3O5S. The number of carbonyl (C=O) groups excluding carboxylic acids is 2. The van der Waals surface area contributed by atoms with Crippen LogP contribution in [0.1, 0.15) is 42.1 Å². The summed E-state index contributed by atoms with van der Waals surface area (Å²) in [5.41, 5.74) is 4.40. The van der Waals surface area contributed by atoms with Gasteiger partial charge in [-0.25, -0.2) is 13.2 Å². The average Bonchev–Trinajstić information content (AvgIpc) is 3.27. The van der Waals surface area contributed by atoms with E-state index in [1.165, 1.54) is 24.6 Å². The number of urea groups is 1. The fourth-order valence-electron chi connectivity index (χ4n) is 3.92. The van der Waals surface area contributed by atoms with E-state index in [0.29, 0.717) is 11.4 Å². The van der Waals surface area contributed by atoms with Crippen LogP contribution in [0.2, 0.25) is 0 Å². The quantitative estimate of drug-likeness (QED) is 0.338. The number of fused-ring (bicyclic) bond motifs is 1. The summed E-state index contributed by atoms with van der Waals surface area (Å²) in [6.45, 7) is 4.72. The van der Waals surface area contributed by atoms with Crippen molar-refractivity contribution >= 4 is 27.5 Å². The van der Waals surface area contributed by atoms with E-state index in [4.69, 9.17) is 4.74 Å². The summed E-state index contributed by atoms with van der Waals surface area (Å²) in [5.74, 6) is -0.0505. The van der Waals surface area contributed by atoms with E-state index < -0.39 is 21.8 Å². The first-order valence-electron chi connectivity index (χ1n) is 11.2. The number of anilines is 1. The average molecular weight is 494 g/mol. The van der Waals surface area contributed by atoms with Crippen molar-refractivity contribution in [3.8, 4) is 5.75 Å². The monoisotopic (exact) mass is 493 g/mol. The molecule has 0 radical (unpaired) electrons. The Morgan fingerprint density at radius 2 is 1.66 bits per heavy atom. The fourth-order valence-corrected chi connectivity index (χ4v) is 5.26. The number of sulfone groups is 1. The molecule has 3 aromatic carbocycles. The van der Waals surface area contributed by atoms with Crippen LogP contribution < -0.4 is 20.7 Å². The number of amides is 2. The molecule has 0 aromatic heterocycles. The SMILES string of the molecule is CC(=O)Oc1ccc(C(C)NC(=O)Nc2ccc(S(=O)(=O)Cc3ccc4c(c3)CNC4)cc2)cc1. The standard InChI is InChI=1S/C26H27N3O5S/c1-17(20-5-9-24(10-6-20)34-18(2)30)28-26(31)29-23-7-11-25(12-8-23)35(32,33)16-19-3-4-21-14-27-15-22(21)13-19/h3-13,17,27H,14-16H2,1-2H3,(H2,28,29,31). The summed E-state index contributed by atoms with van der Waals surface area (Å²) in [6, 6.07) is 18.0. The van der Waals surface area contributed by atoms with Crippen LogP contribution in [-0.4, -0.2) is 20.4 Å². The van der Waals surface area contributed by atoms with Gasteiger partial charge in [-0.05, 0) is 65.6 Å². The topological polar surface area (TPSA) is 114 Å². The van der Waals surface area contributed by atoms with Crippen molar-refractivity contribution in [1.29, 1.82) is 0 Å². The molecule has 0 spiro atoms. The maximum Gasteiger partial charge on any atom is 0.319 e. The van der Waals surface area contributed by atoms with Crippen LogP contribution in [0.15, 0.2) is 71.6 Å². The van der Waals surface area contributed by atoms with Gasteiger partial charge in [-0.3, -0.25) is 4.79 Å². The number of benzene rings is 3. The predicted octanol–water partition coefficient (Wildman–Crippen LogP) is 4.07. The summed E-state index contributed by atoms with van der Waals surface area (Å²) < 4.78 is 30.8. The van der Waals surface area contributed by atoms with Crippen LogP contribution >= 0.6 is 0 Å². The molecule has 3 N–H and O–H groups in total. The predicted molar refractivity (Wildman–Crippen MR) is 133 cm³/mol. The number of nitrogens with one attached hydrogen (secondary N) is 3. The minimum atomic E-state index is -3.52. The number of esters is 1. The molecule has 0 saturated heterocycles. The van der Waals surface area contributed by atoms with E-state index in [0.717, 1.165) is 29.8 Å². The molecule has 3 aromatic rings. The van der Waals surface area contributed by atoms with Gasteiger partial charge in [0.15, 0.2) is 9.84 Å². The molecule has 9 heteroatoms. The highest BCUT2D eigenvalue weighted by atomic mass is 32.2. The zero-order valence-electron chi connectivity index (χ0n) is 19.5. The van der Waals surface area contributed by atoms with Crippen molar-refractivity contribution in [2.75, 3.05) is 5.32 Å². The summed E-state index contributed by atoms with van der Waals surface area (Å²) in [6.07, 6.45) is 0. The molecule has 1 heterocycles. The van der Waals surface area contributed by atoms with Gasteiger partial charge >= 0.3 is 12.0 Å². The molecule has 182 valence electrons. The number of hydrogen-bond acceptors (Lipinski definition) is 6. The second kappa shape index (κ2) is 10.3. The number of carbonyl (C=O) groups is 2. The summed E-state index contributed by atoms with van der Waals surface area (Å²) in [5, 5.41) is 8.79. The zero-order chi connectivity index (χ0) is 25.0. The maximum absolute atomic E-state index is 12.9. The minimum Gasteiger partial charge on any atom is -0.427 e. The van der Waals surface area contributed by atoms with Crippen molar-refractivity contribution in [2.24, 2.45) is 0 Å². The third-order valence-electron chi connectivity index (χ3n) is 5.72. The van der Waals surface area contributed by atoms with Crippen LogP contribution in [-0.2, 0) is 33.5 Å². The molecule has 8 nitrogen and oxygen atoms in total. The molecule has 2 amide bonds. The fraction of sp³-hybridized carbons (Fsp3) is 0.231. The van der Waals surface area contributed by atoms with E-state index >= 15 is 0 Å². The molecule has 0 aliphatic carbocycles. The Balaban J connectivity index is 1.34. The lowest BCUT2D eigenvalue weighted by molar-refractivity contribution is -0.131. The molecule has 0 saturated carbocycles. The lowest BCUT2D eigenvalue weighted by atomic mass is 10.1. The van der Waals surface area contributed by atoms with E-state index in [-0.39, 0.29) is 16.7 Å². The van der Waals surface area contributed by atoms with Gasteiger partial charge in [-0.15, -0.1) is 0 Å². The summed E-state index contributed by atoms with van der Waals surface area (Å²) in [7, 11) is -3.52.